The Morgan fingerprint density at radius 1 is 1.00 bits per heavy atom. The van der Waals surface area contributed by atoms with E-state index < -0.39 is 0 Å². The number of ether oxygens (including phenoxy) is 2. The van der Waals surface area contributed by atoms with Crippen molar-refractivity contribution in [2.75, 3.05) is 26.1 Å². The van der Waals surface area contributed by atoms with Crippen molar-refractivity contribution in [1.29, 1.82) is 0 Å². The molecule has 0 fully saturated rings. The number of fused-ring (bicyclic) bond motifs is 1. The number of nitrogens with zero attached hydrogens (tertiary/aromatic N) is 2. The Kier molecular flexibility index (Phi) is 5.68. The second kappa shape index (κ2) is 8.40. The Labute approximate surface area is 183 Å². The maximum atomic E-state index is 5.90. The first kappa shape index (κ1) is 20.3. The normalized spacial score (nSPS) is 15.5. The molecule has 6 heteroatoms. The van der Waals surface area contributed by atoms with Crippen LogP contribution in [0.4, 0.5) is 5.69 Å². The summed E-state index contributed by atoms with van der Waals surface area (Å²) in [6, 6.07) is 16.7. The number of aryl methyl sites for hydroxylation is 2. The minimum atomic E-state index is -0.0151. The van der Waals surface area contributed by atoms with Crippen LogP contribution in [0, 0.1) is 13.8 Å². The number of hydrogen-bond acceptors (Lipinski definition) is 3. The van der Waals surface area contributed by atoms with E-state index in [4.69, 9.17) is 21.7 Å². The highest BCUT2D eigenvalue weighted by molar-refractivity contribution is 7.80. The summed E-state index contributed by atoms with van der Waals surface area (Å²) in [5.41, 5.74) is 5.74. The van der Waals surface area contributed by atoms with Crippen LogP contribution in [0.2, 0.25) is 0 Å². The van der Waals surface area contributed by atoms with E-state index in [1.165, 1.54) is 16.8 Å². The van der Waals surface area contributed by atoms with Crippen LogP contribution in [0.1, 0.15) is 28.4 Å². The Morgan fingerprint density at radius 3 is 2.57 bits per heavy atom. The first-order valence-corrected chi connectivity index (χ1v) is 10.4. The maximum Gasteiger partial charge on any atom is 0.174 e. The number of aromatic nitrogens is 1. The molecule has 5 nitrogen and oxygen atoms in total. The van der Waals surface area contributed by atoms with E-state index in [9.17, 15) is 0 Å². The van der Waals surface area contributed by atoms with Gasteiger partial charge in [0, 0.05) is 30.7 Å². The quantitative estimate of drug-likeness (QED) is 0.605. The van der Waals surface area contributed by atoms with E-state index in [0.717, 1.165) is 35.2 Å². The fourth-order valence-corrected chi connectivity index (χ4v) is 4.34. The molecular formula is C24H27N3O2S. The molecule has 1 N–H and O–H groups in total. The maximum absolute atomic E-state index is 5.90. The molecule has 30 heavy (non-hydrogen) atoms. The molecule has 0 amide bonds. The number of benzene rings is 2. The predicted molar refractivity (Wildman–Crippen MR) is 125 cm³/mol. The third-order valence-corrected chi connectivity index (χ3v) is 5.99. The molecule has 0 bridgehead atoms. The second-order valence-corrected chi connectivity index (χ2v) is 7.97. The third kappa shape index (κ3) is 3.75. The van der Waals surface area contributed by atoms with Crippen molar-refractivity contribution in [1.82, 2.24) is 9.47 Å². The first-order valence-electron chi connectivity index (χ1n) is 10.0. The molecule has 0 saturated heterocycles. The van der Waals surface area contributed by atoms with Gasteiger partial charge in [0.1, 0.15) is 0 Å². The van der Waals surface area contributed by atoms with Crippen LogP contribution >= 0.6 is 12.2 Å². The zero-order chi connectivity index (χ0) is 21.3. The molecule has 4 rings (SSSR count). The van der Waals surface area contributed by atoms with Crippen molar-refractivity contribution in [3.05, 3.63) is 77.1 Å². The fourth-order valence-electron chi connectivity index (χ4n) is 4.03. The minimum absolute atomic E-state index is 0.0151. The minimum Gasteiger partial charge on any atom is -0.493 e. The van der Waals surface area contributed by atoms with Crippen LogP contribution in [-0.4, -0.2) is 35.3 Å². The average molecular weight is 422 g/mol. The lowest BCUT2D eigenvalue weighted by atomic mass is 9.99. The van der Waals surface area contributed by atoms with Crippen LogP contribution < -0.4 is 14.8 Å². The molecule has 2 aromatic carbocycles. The van der Waals surface area contributed by atoms with E-state index in [2.05, 4.69) is 71.2 Å². The van der Waals surface area contributed by atoms with Crippen molar-refractivity contribution in [2.24, 2.45) is 0 Å². The van der Waals surface area contributed by atoms with Gasteiger partial charge in [0.2, 0.25) is 0 Å². The van der Waals surface area contributed by atoms with E-state index in [0.29, 0.717) is 5.75 Å². The van der Waals surface area contributed by atoms with Crippen LogP contribution in [0.5, 0.6) is 11.5 Å². The number of nitrogens with one attached hydrogen (secondary N) is 1. The number of thiocarbonyl (C=S) groups is 1. The lowest BCUT2D eigenvalue weighted by Gasteiger charge is -2.39. The highest BCUT2D eigenvalue weighted by Crippen LogP contribution is 2.37. The van der Waals surface area contributed by atoms with Gasteiger partial charge in [0.25, 0.3) is 0 Å². The average Bonchev–Trinajstić information content (AvgIpc) is 3.24. The van der Waals surface area contributed by atoms with Gasteiger partial charge in [-0.2, -0.15) is 0 Å². The number of methoxy groups -OCH3 is 2. The summed E-state index contributed by atoms with van der Waals surface area (Å²) in [5, 5.41) is 4.21. The summed E-state index contributed by atoms with van der Waals surface area (Å²) < 4.78 is 13.3. The van der Waals surface area contributed by atoms with Gasteiger partial charge in [-0.25, -0.2) is 0 Å². The van der Waals surface area contributed by atoms with Crippen LogP contribution in [-0.2, 0) is 6.54 Å². The van der Waals surface area contributed by atoms with E-state index in [-0.39, 0.29) is 6.04 Å². The molecule has 1 aliphatic rings. The third-order valence-electron chi connectivity index (χ3n) is 5.66. The molecular weight excluding hydrogens is 394 g/mol. The summed E-state index contributed by atoms with van der Waals surface area (Å²) in [6.45, 7) is 5.89. The second-order valence-electron chi connectivity index (χ2n) is 7.59. The molecule has 1 atom stereocenters. The van der Waals surface area contributed by atoms with Crippen molar-refractivity contribution in [3.63, 3.8) is 0 Å². The SMILES string of the molecule is COc1ccc(C2c3cccn3CCN2C(=S)Nc2cc(C)ccc2C)cc1OC. The Balaban J connectivity index is 1.72. The Bertz CT molecular complexity index is 1080. The lowest BCUT2D eigenvalue weighted by molar-refractivity contribution is 0.291. The zero-order valence-corrected chi connectivity index (χ0v) is 18.6. The summed E-state index contributed by atoms with van der Waals surface area (Å²) >= 11 is 5.90. The summed E-state index contributed by atoms with van der Waals surface area (Å²) in [4.78, 5) is 2.26. The standard InChI is InChI=1S/C24H27N3O2S/c1-16-7-8-17(2)19(14-16)25-24(30)27-13-12-26-11-5-6-20(26)23(27)18-9-10-21(28-3)22(15-18)29-4/h5-11,14-15,23H,12-13H2,1-4H3,(H,25,30). The largest absolute Gasteiger partial charge is 0.493 e. The molecule has 0 saturated carbocycles. The van der Waals surface area contributed by atoms with E-state index in [1.807, 2.05) is 12.1 Å². The van der Waals surface area contributed by atoms with E-state index in [1.54, 1.807) is 14.2 Å². The van der Waals surface area contributed by atoms with Gasteiger partial charge in [-0.05, 0) is 73.1 Å². The summed E-state index contributed by atoms with van der Waals surface area (Å²) in [6.07, 6.45) is 2.13. The zero-order valence-electron chi connectivity index (χ0n) is 17.8. The lowest BCUT2D eigenvalue weighted by Crippen LogP contribution is -2.44. The van der Waals surface area contributed by atoms with Gasteiger partial charge in [0.05, 0.1) is 20.3 Å². The number of rotatable bonds is 4. The fraction of sp³-hybridized carbons (Fsp3) is 0.292. The monoisotopic (exact) mass is 421 g/mol. The topological polar surface area (TPSA) is 38.7 Å². The molecule has 0 aliphatic carbocycles. The smallest absolute Gasteiger partial charge is 0.174 e. The number of anilines is 1. The van der Waals surface area contributed by atoms with Gasteiger partial charge >= 0.3 is 0 Å². The molecule has 156 valence electrons. The Hall–Kier alpha value is -2.99. The molecule has 3 aromatic rings. The molecule has 1 aromatic heterocycles. The first-order chi connectivity index (χ1) is 14.5. The highest BCUT2D eigenvalue weighted by Gasteiger charge is 2.31. The molecule has 0 radical (unpaired) electrons. The molecule has 1 aliphatic heterocycles. The van der Waals surface area contributed by atoms with Crippen molar-refractivity contribution in [2.45, 2.75) is 26.4 Å². The molecule has 0 spiro atoms. The van der Waals surface area contributed by atoms with Gasteiger partial charge in [0.15, 0.2) is 16.6 Å². The van der Waals surface area contributed by atoms with Gasteiger partial charge in [-0.15, -0.1) is 0 Å². The Morgan fingerprint density at radius 2 is 1.80 bits per heavy atom. The van der Waals surface area contributed by atoms with E-state index >= 15 is 0 Å². The molecule has 2 heterocycles. The van der Waals surface area contributed by atoms with Crippen LogP contribution in [0.3, 0.4) is 0 Å². The number of hydrogen-bond donors (Lipinski definition) is 1. The van der Waals surface area contributed by atoms with Crippen molar-refractivity contribution in [3.8, 4) is 11.5 Å². The summed E-state index contributed by atoms with van der Waals surface area (Å²) in [7, 11) is 3.31. The molecule has 1 unspecified atom stereocenters. The summed E-state index contributed by atoms with van der Waals surface area (Å²) in [5.74, 6) is 1.43. The van der Waals surface area contributed by atoms with Crippen molar-refractivity contribution >= 4 is 23.0 Å². The highest BCUT2D eigenvalue weighted by atomic mass is 32.1. The van der Waals surface area contributed by atoms with Crippen LogP contribution in [0.15, 0.2) is 54.7 Å². The van der Waals surface area contributed by atoms with Gasteiger partial charge in [-0.1, -0.05) is 18.2 Å². The van der Waals surface area contributed by atoms with Gasteiger partial charge < -0.3 is 24.3 Å². The van der Waals surface area contributed by atoms with Crippen molar-refractivity contribution < 1.29 is 9.47 Å². The van der Waals surface area contributed by atoms with Crippen LogP contribution in [0.25, 0.3) is 0 Å². The van der Waals surface area contributed by atoms with Gasteiger partial charge in [-0.3, -0.25) is 0 Å². The predicted octanol–water partition coefficient (Wildman–Crippen LogP) is 4.92.